The molecule has 0 aliphatic heterocycles. The summed E-state index contributed by atoms with van der Waals surface area (Å²) < 4.78 is 34.7. The number of carbonyl (C=O) groups is 1. The molecule has 3 nitrogen and oxygen atoms in total. The lowest BCUT2D eigenvalue weighted by Gasteiger charge is -2.18. The number of pyridine rings is 1. The van der Waals surface area contributed by atoms with Crippen LogP contribution in [0.1, 0.15) is 100 Å². The second-order valence-electron chi connectivity index (χ2n) is 12.2. The topological polar surface area (TPSA) is 39.2 Å². The van der Waals surface area contributed by atoms with Crippen LogP contribution in [0.4, 0.5) is 8.78 Å². The fourth-order valence-corrected chi connectivity index (χ4v) is 6.44. The van der Waals surface area contributed by atoms with Crippen molar-refractivity contribution in [2.45, 2.75) is 104 Å². The van der Waals surface area contributed by atoms with Gasteiger partial charge in [-0.2, -0.15) is 0 Å². The van der Waals surface area contributed by atoms with Gasteiger partial charge in [-0.05, 0) is 99.2 Å². The Hall–Kier alpha value is -2.82. The van der Waals surface area contributed by atoms with Gasteiger partial charge in [0.05, 0.1) is 6.61 Å². The molecule has 1 fully saturated rings. The summed E-state index contributed by atoms with van der Waals surface area (Å²) in [6, 6.07) is 4.31. The van der Waals surface area contributed by atoms with Crippen LogP contribution in [0.25, 0.3) is 0 Å². The minimum Gasteiger partial charge on any atom is -0.493 e. The lowest BCUT2D eigenvalue weighted by Crippen LogP contribution is -2.12. The van der Waals surface area contributed by atoms with Gasteiger partial charge in [0.15, 0.2) is 5.78 Å². The summed E-state index contributed by atoms with van der Waals surface area (Å²) in [5.74, 6) is 0.590. The summed E-state index contributed by atoms with van der Waals surface area (Å²) in [4.78, 5) is 17.5. The molecule has 3 atom stereocenters. The highest BCUT2D eigenvalue weighted by atomic mass is 19.1. The standard InChI is InChI=1S/C36H47F2NO2/c1-5-10-27(14-13-24(3)17-34-25(4)18-26(6-2)23-39-34)31-19-29(31)15-16-41-36-21-30(37)20-33(38)32(36)22-35(40)28-11-8-7-9-12-28/h11,18,20-21,23,27,29,31H,3,5-10,12-17,19,22H2,1-2,4H3. The molecule has 0 radical (unpaired) electrons. The van der Waals surface area contributed by atoms with Gasteiger partial charge in [-0.1, -0.05) is 51.0 Å². The fraction of sp³-hybridized carbons (Fsp3) is 0.556. The number of nitrogens with zero attached hydrogens (tertiary/aromatic N) is 1. The predicted octanol–water partition coefficient (Wildman–Crippen LogP) is 9.24. The molecule has 1 aromatic carbocycles. The van der Waals surface area contributed by atoms with Crippen molar-refractivity contribution in [2.75, 3.05) is 6.61 Å². The van der Waals surface area contributed by atoms with Crippen LogP contribution in [-0.2, 0) is 24.1 Å². The van der Waals surface area contributed by atoms with Gasteiger partial charge in [0.25, 0.3) is 0 Å². The van der Waals surface area contributed by atoms with Gasteiger partial charge in [0, 0.05) is 42.4 Å². The van der Waals surface area contributed by atoms with E-state index in [0.29, 0.717) is 24.4 Å². The van der Waals surface area contributed by atoms with Crippen LogP contribution in [0, 0.1) is 36.3 Å². The average molecular weight is 564 g/mol. The summed E-state index contributed by atoms with van der Waals surface area (Å²) in [5.41, 5.74) is 5.82. The number of aryl methyl sites for hydroxylation is 2. The first kappa shape index (κ1) is 31.1. The van der Waals surface area contributed by atoms with Gasteiger partial charge < -0.3 is 4.74 Å². The molecule has 1 heterocycles. The van der Waals surface area contributed by atoms with Gasteiger partial charge >= 0.3 is 0 Å². The normalized spacial score (nSPS) is 19.0. The van der Waals surface area contributed by atoms with Gasteiger partial charge in [-0.25, -0.2) is 8.78 Å². The summed E-state index contributed by atoms with van der Waals surface area (Å²) in [7, 11) is 0. The highest BCUT2D eigenvalue weighted by molar-refractivity contribution is 5.97. The maximum Gasteiger partial charge on any atom is 0.163 e. The van der Waals surface area contributed by atoms with Crippen LogP contribution in [0.5, 0.6) is 5.75 Å². The molecule has 2 aliphatic carbocycles. The minimum atomic E-state index is -0.705. The smallest absolute Gasteiger partial charge is 0.163 e. The Bertz CT molecular complexity index is 1250. The number of ketones is 1. The molecule has 1 saturated carbocycles. The van der Waals surface area contributed by atoms with Crippen molar-refractivity contribution >= 4 is 5.78 Å². The van der Waals surface area contributed by atoms with Crippen LogP contribution in [-0.4, -0.2) is 17.4 Å². The van der Waals surface area contributed by atoms with Gasteiger partial charge in [-0.3, -0.25) is 9.78 Å². The number of Topliss-reactive ketones (excluding diaryl/α,β-unsaturated/α-hetero) is 1. The van der Waals surface area contributed by atoms with E-state index in [2.05, 4.69) is 38.4 Å². The molecule has 2 aliphatic rings. The molecule has 2 aromatic rings. The maximum absolute atomic E-state index is 14.7. The zero-order valence-electron chi connectivity index (χ0n) is 25.2. The summed E-state index contributed by atoms with van der Waals surface area (Å²) >= 11 is 0. The number of carbonyl (C=O) groups excluding carboxylic acids is 1. The number of halogens is 2. The summed E-state index contributed by atoms with van der Waals surface area (Å²) in [6.07, 6.45) is 15.9. The minimum absolute atomic E-state index is 0.0837. The van der Waals surface area contributed by atoms with E-state index in [-0.39, 0.29) is 23.5 Å². The molecular formula is C36H47F2NO2. The Labute approximate surface area is 245 Å². The molecule has 0 saturated heterocycles. The van der Waals surface area contributed by atoms with Crippen LogP contribution < -0.4 is 4.74 Å². The molecule has 41 heavy (non-hydrogen) atoms. The Kier molecular flexibility index (Phi) is 11.3. The van der Waals surface area contributed by atoms with Crippen LogP contribution in [0.3, 0.4) is 0 Å². The van der Waals surface area contributed by atoms with E-state index in [0.717, 1.165) is 81.5 Å². The second-order valence-corrected chi connectivity index (χ2v) is 12.2. The van der Waals surface area contributed by atoms with Gasteiger partial charge in [0.2, 0.25) is 0 Å². The Morgan fingerprint density at radius 1 is 1.15 bits per heavy atom. The SMILES string of the molecule is C=C(CCC(CCC)C1CC1CCOc1cc(F)cc(F)c1CC(=O)C1=CCCCC1)Cc1ncc(CC)cc1C. The van der Waals surface area contributed by atoms with E-state index in [9.17, 15) is 13.6 Å². The molecule has 222 valence electrons. The van der Waals surface area contributed by atoms with E-state index in [4.69, 9.17) is 4.74 Å². The fourth-order valence-electron chi connectivity index (χ4n) is 6.44. The third-order valence-corrected chi connectivity index (χ3v) is 9.03. The van der Waals surface area contributed by atoms with Gasteiger partial charge in [-0.15, -0.1) is 0 Å². The third kappa shape index (κ3) is 8.83. The Morgan fingerprint density at radius 3 is 2.68 bits per heavy atom. The van der Waals surface area contributed by atoms with E-state index in [1.54, 1.807) is 0 Å². The molecule has 0 amide bonds. The first-order valence-corrected chi connectivity index (χ1v) is 15.7. The first-order valence-electron chi connectivity index (χ1n) is 15.7. The van der Waals surface area contributed by atoms with Crippen LogP contribution in [0.2, 0.25) is 0 Å². The molecule has 0 N–H and O–H groups in total. The number of ether oxygens (including phenoxy) is 1. The summed E-state index contributed by atoms with van der Waals surface area (Å²) in [5, 5.41) is 0. The molecule has 3 unspecified atom stereocenters. The van der Waals surface area contributed by atoms with E-state index >= 15 is 0 Å². The van der Waals surface area contributed by atoms with Crippen LogP contribution >= 0.6 is 0 Å². The average Bonchev–Trinajstić information content (AvgIpc) is 3.73. The predicted molar refractivity (Wildman–Crippen MR) is 162 cm³/mol. The molecule has 4 rings (SSSR count). The van der Waals surface area contributed by atoms with Crippen molar-refractivity contribution in [2.24, 2.45) is 17.8 Å². The number of benzene rings is 1. The van der Waals surface area contributed by atoms with E-state index in [1.807, 2.05) is 12.3 Å². The largest absolute Gasteiger partial charge is 0.493 e. The number of hydrogen-bond donors (Lipinski definition) is 0. The van der Waals surface area contributed by atoms with E-state index in [1.165, 1.54) is 35.6 Å². The number of rotatable bonds is 16. The second kappa shape index (κ2) is 14.9. The van der Waals surface area contributed by atoms with Crippen LogP contribution in [0.15, 0.2) is 48.2 Å². The monoisotopic (exact) mass is 563 g/mol. The number of aromatic nitrogens is 1. The Morgan fingerprint density at radius 2 is 1.98 bits per heavy atom. The van der Waals surface area contributed by atoms with Crippen molar-refractivity contribution in [3.05, 3.63) is 82.2 Å². The van der Waals surface area contributed by atoms with Crippen molar-refractivity contribution < 1.29 is 18.3 Å². The molecule has 0 bridgehead atoms. The van der Waals surface area contributed by atoms with Crippen molar-refractivity contribution in [1.82, 2.24) is 4.98 Å². The van der Waals surface area contributed by atoms with Crippen molar-refractivity contribution in [3.63, 3.8) is 0 Å². The summed E-state index contributed by atoms with van der Waals surface area (Å²) in [6.45, 7) is 11.3. The number of allylic oxidation sites excluding steroid dienone is 3. The lowest BCUT2D eigenvalue weighted by molar-refractivity contribution is -0.115. The van der Waals surface area contributed by atoms with E-state index < -0.39 is 11.6 Å². The van der Waals surface area contributed by atoms with Crippen molar-refractivity contribution in [3.8, 4) is 5.75 Å². The maximum atomic E-state index is 14.7. The molecular weight excluding hydrogens is 516 g/mol. The van der Waals surface area contributed by atoms with Gasteiger partial charge in [0.1, 0.15) is 17.4 Å². The Balaban J connectivity index is 1.27. The molecule has 5 heteroatoms. The zero-order valence-corrected chi connectivity index (χ0v) is 25.2. The molecule has 0 spiro atoms. The molecule has 1 aromatic heterocycles. The first-order chi connectivity index (χ1) is 19.8. The highest BCUT2D eigenvalue weighted by Gasteiger charge is 2.41. The zero-order chi connectivity index (χ0) is 29.4. The lowest BCUT2D eigenvalue weighted by atomic mass is 9.89. The third-order valence-electron chi connectivity index (χ3n) is 9.03. The quantitative estimate of drug-likeness (QED) is 0.191. The van der Waals surface area contributed by atoms with Crippen molar-refractivity contribution in [1.29, 1.82) is 0 Å². The number of hydrogen-bond acceptors (Lipinski definition) is 3. The highest BCUT2D eigenvalue weighted by Crippen LogP contribution is 2.50.